The number of fused-ring (bicyclic) bond motifs is 3. The Balaban J connectivity index is 0.000000183. The molecule has 6 aromatic carbocycles. The number of rotatable bonds is 14. The Kier molecular flexibility index (Phi) is 18.9. The second-order valence-corrected chi connectivity index (χ2v) is 19.4. The number of aryl methyl sites for hydroxylation is 3. The van der Waals surface area contributed by atoms with E-state index in [1.165, 1.54) is 21.3 Å². The number of likely N-dealkylation sites (N-methyl/N-ethyl adjacent to an activating group) is 1. The highest BCUT2D eigenvalue weighted by atomic mass is 35.5. The Morgan fingerprint density at radius 2 is 1.26 bits per heavy atom. The molecule has 2 aromatic heterocycles. The Bertz CT molecular complexity index is 3440. The maximum atomic E-state index is 13.8. The summed E-state index contributed by atoms with van der Waals surface area (Å²) in [5.41, 5.74) is 8.67. The fourth-order valence-corrected chi connectivity index (χ4v) is 8.37. The monoisotopic (exact) mass is 1080 g/mol. The molecular formula is C57H58Cl2N10O8. The van der Waals surface area contributed by atoms with Crippen molar-refractivity contribution in [3.63, 3.8) is 0 Å². The van der Waals surface area contributed by atoms with Crippen molar-refractivity contribution in [2.24, 2.45) is 5.92 Å². The molecule has 0 saturated carbocycles. The number of hydrogen-bond acceptors (Lipinski definition) is 12. The van der Waals surface area contributed by atoms with E-state index in [-0.39, 0.29) is 12.5 Å². The topological polar surface area (TPSA) is 213 Å². The van der Waals surface area contributed by atoms with Crippen LogP contribution in [0.4, 0.5) is 22.7 Å². The molecule has 77 heavy (non-hydrogen) atoms. The summed E-state index contributed by atoms with van der Waals surface area (Å²) in [6, 6.07) is 37.7. The third kappa shape index (κ3) is 14.5. The minimum absolute atomic E-state index is 0.284. The molecule has 398 valence electrons. The number of aromatic nitrogens is 6. The van der Waals surface area contributed by atoms with Crippen molar-refractivity contribution in [3.8, 4) is 0 Å². The molecule has 1 aliphatic heterocycles. The predicted octanol–water partition coefficient (Wildman–Crippen LogP) is 9.85. The average molecular weight is 1080 g/mol. The molecule has 0 saturated heterocycles. The molecule has 0 aliphatic carbocycles. The van der Waals surface area contributed by atoms with Crippen molar-refractivity contribution in [3.05, 3.63) is 166 Å². The van der Waals surface area contributed by atoms with Gasteiger partial charge >= 0.3 is 11.9 Å². The summed E-state index contributed by atoms with van der Waals surface area (Å²) < 4.78 is 10.6. The van der Waals surface area contributed by atoms with Crippen molar-refractivity contribution in [2.45, 2.75) is 66.5 Å². The zero-order chi connectivity index (χ0) is 55.3. The molecule has 20 heteroatoms. The van der Waals surface area contributed by atoms with Gasteiger partial charge in [-0.2, -0.15) is 15.0 Å². The molecule has 2 atom stereocenters. The zero-order valence-corrected chi connectivity index (χ0v) is 45.1. The number of benzene rings is 6. The van der Waals surface area contributed by atoms with Gasteiger partial charge in [-0.25, -0.2) is 9.48 Å². The molecule has 0 fully saturated rings. The molecule has 8 aromatic rings. The van der Waals surface area contributed by atoms with Crippen LogP contribution in [0.3, 0.4) is 0 Å². The third-order valence-corrected chi connectivity index (χ3v) is 12.8. The van der Waals surface area contributed by atoms with Gasteiger partial charge in [-0.3, -0.25) is 24.0 Å². The van der Waals surface area contributed by atoms with Gasteiger partial charge in [0.25, 0.3) is 23.6 Å². The van der Waals surface area contributed by atoms with Gasteiger partial charge in [0.05, 0.1) is 33.5 Å². The second kappa shape index (κ2) is 25.8. The number of esters is 2. The lowest BCUT2D eigenvalue weighted by atomic mass is 10.1. The van der Waals surface area contributed by atoms with Crippen LogP contribution in [-0.2, 0) is 44.7 Å². The van der Waals surface area contributed by atoms with Gasteiger partial charge in [0, 0.05) is 31.9 Å². The molecule has 1 aliphatic rings. The predicted molar refractivity (Wildman–Crippen MR) is 297 cm³/mol. The summed E-state index contributed by atoms with van der Waals surface area (Å²) in [5.74, 6) is -2.41. The Morgan fingerprint density at radius 1 is 0.675 bits per heavy atom. The van der Waals surface area contributed by atoms with E-state index in [0.29, 0.717) is 68.2 Å². The van der Waals surface area contributed by atoms with Crippen molar-refractivity contribution < 1.29 is 38.2 Å². The van der Waals surface area contributed by atoms with Crippen LogP contribution >= 0.6 is 23.2 Å². The minimum Gasteiger partial charge on any atom is -0.463 e. The molecule has 18 nitrogen and oxygen atoms in total. The third-order valence-electron chi connectivity index (χ3n) is 12.1. The number of nitrogens with one attached hydrogen (secondary N) is 2. The molecular weight excluding hydrogens is 1020 g/mol. The normalized spacial score (nSPS) is 12.3. The van der Waals surface area contributed by atoms with Gasteiger partial charge in [-0.15, -0.1) is 5.10 Å². The lowest BCUT2D eigenvalue weighted by Crippen LogP contribution is -2.42. The molecule has 0 spiro atoms. The van der Waals surface area contributed by atoms with Crippen LogP contribution in [-0.4, -0.2) is 92.4 Å². The fraction of sp³-hybridized carbons (Fsp3) is 0.263. The van der Waals surface area contributed by atoms with E-state index in [2.05, 4.69) is 35.9 Å². The number of carbonyl (C=O) groups is 6. The van der Waals surface area contributed by atoms with Crippen LogP contribution in [0.1, 0.15) is 61.5 Å². The molecule has 2 N–H and O–H groups in total. The van der Waals surface area contributed by atoms with Crippen LogP contribution in [0.2, 0.25) is 10.0 Å². The van der Waals surface area contributed by atoms with Crippen molar-refractivity contribution in [1.82, 2.24) is 30.0 Å². The van der Waals surface area contributed by atoms with Crippen molar-refractivity contribution in [2.75, 3.05) is 47.2 Å². The van der Waals surface area contributed by atoms with E-state index in [0.717, 1.165) is 40.8 Å². The number of amides is 4. The average Bonchev–Trinajstić information content (AvgIpc) is 4.17. The van der Waals surface area contributed by atoms with Crippen LogP contribution in [0.25, 0.3) is 22.1 Å². The molecule has 0 radical (unpaired) electrons. The van der Waals surface area contributed by atoms with Gasteiger partial charge in [-0.05, 0) is 129 Å². The highest BCUT2D eigenvalue weighted by Crippen LogP contribution is 2.32. The second-order valence-electron chi connectivity index (χ2n) is 18.6. The van der Waals surface area contributed by atoms with E-state index in [1.54, 1.807) is 60.5 Å². The first-order chi connectivity index (χ1) is 36.9. The van der Waals surface area contributed by atoms with Crippen molar-refractivity contribution in [1.29, 1.82) is 0 Å². The van der Waals surface area contributed by atoms with E-state index in [1.807, 2.05) is 120 Å². The first kappa shape index (κ1) is 56.3. The number of anilines is 4. The first-order valence-corrected chi connectivity index (χ1v) is 25.4. The smallest absolute Gasteiger partial charge is 0.344 e. The quantitative estimate of drug-likeness (QED) is 0.0769. The minimum atomic E-state index is -1.33. The summed E-state index contributed by atoms with van der Waals surface area (Å²) in [7, 11) is 1.62. The van der Waals surface area contributed by atoms with E-state index in [9.17, 15) is 28.8 Å². The van der Waals surface area contributed by atoms with Gasteiger partial charge in [0.1, 0.15) is 16.6 Å². The standard InChI is InChI=1S/C24H20ClN5O2.C24H22ClN5O2.C9H16O4/c1-15-10-11-17(25)19(14-15)26-23(31)22(30-21-9-5-3-7-18(21)27-28-30)24(32)29-13-12-16-6-2-4-8-20(16)29;1-15-9-11-18(25)20(13-15)26-23(31)22(24(32)29(3)17-7-5-4-6-8-17)30-27-19-12-10-16(2)14-21(19)28-30;1-7(2)4-5-12-9(11)6-13-8(3)10/h2-11,14,22H,12-13H2,1H3,(H,26,31);4-14,22H,1-3H3,(H,26,31);7H,4-6H2,1-3H3. The summed E-state index contributed by atoms with van der Waals surface area (Å²) >= 11 is 12.6. The lowest BCUT2D eigenvalue weighted by Gasteiger charge is -2.24. The molecule has 2 unspecified atom stereocenters. The Morgan fingerprint density at radius 3 is 1.92 bits per heavy atom. The van der Waals surface area contributed by atoms with E-state index in [4.69, 9.17) is 27.9 Å². The maximum Gasteiger partial charge on any atom is 0.344 e. The number of para-hydroxylation sites is 3. The lowest BCUT2D eigenvalue weighted by molar-refractivity contribution is -0.157. The summed E-state index contributed by atoms with van der Waals surface area (Å²) in [6.07, 6.45) is 1.56. The first-order valence-electron chi connectivity index (χ1n) is 24.7. The largest absolute Gasteiger partial charge is 0.463 e. The maximum absolute atomic E-state index is 13.8. The number of carbonyl (C=O) groups excluding carboxylic acids is 6. The molecule has 9 rings (SSSR count). The summed E-state index contributed by atoms with van der Waals surface area (Å²) in [6.45, 7) is 11.7. The van der Waals surface area contributed by atoms with Crippen LogP contribution < -0.4 is 20.4 Å². The van der Waals surface area contributed by atoms with Crippen molar-refractivity contribution >= 4 is 104 Å². The number of halogens is 2. The van der Waals surface area contributed by atoms with Gasteiger partial charge in [0.2, 0.25) is 12.1 Å². The molecule has 3 heterocycles. The summed E-state index contributed by atoms with van der Waals surface area (Å²) in [5, 5.41) is 23.5. The Labute approximate surface area is 455 Å². The van der Waals surface area contributed by atoms with Crippen LogP contribution in [0.5, 0.6) is 0 Å². The van der Waals surface area contributed by atoms with E-state index < -0.39 is 41.7 Å². The molecule has 4 amide bonds. The van der Waals surface area contributed by atoms with E-state index >= 15 is 0 Å². The van der Waals surface area contributed by atoms with Crippen LogP contribution in [0.15, 0.2) is 133 Å². The highest BCUT2D eigenvalue weighted by molar-refractivity contribution is 6.34. The molecule has 0 bridgehead atoms. The highest BCUT2D eigenvalue weighted by Gasteiger charge is 2.38. The SMILES string of the molecule is CC(=O)OCC(=O)OCCC(C)C.Cc1ccc(Cl)c(NC(=O)C(C(=O)N(C)c2ccccc2)n2nc3ccc(C)cc3n2)c1.Cc1ccc(Cl)c(NC(=O)C(C(=O)N2CCc3ccccc32)n2nnc3ccccc32)c1. The Hall–Kier alpha value is -8.48. The number of ether oxygens (including phenoxy) is 2. The van der Waals surface area contributed by atoms with Crippen LogP contribution in [0, 0.1) is 26.7 Å². The zero-order valence-electron chi connectivity index (χ0n) is 43.6. The number of hydrogen-bond donors (Lipinski definition) is 2. The van der Waals surface area contributed by atoms with Gasteiger partial charge in [-0.1, -0.05) is 109 Å². The van der Waals surface area contributed by atoms with Gasteiger partial charge < -0.3 is 29.9 Å². The summed E-state index contributed by atoms with van der Waals surface area (Å²) in [4.78, 5) is 79.5. The number of nitrogens with zero attached hydrogens (tertiary/aromatic N) is 8. The fourth-order valence-electron chi connectivity index (χ4n) is 8.04. The van der Waals surface area contributed by atoms with Gasteiger partial charge in [0.15, 0.2) is 6.61 Å².